The lowest BCUT2D eigenvalue weighted by Gasteiger charge is -2.16. The van der Waals surface area contributed by atoms with Crippen LogP contribution in [0, 0.1) is 11.3 Å². The highest BCUT2D eigenvalue weighted by molar-refractivity contribution is 7.47. The lowest BCUT2D eigenvalue weighted by Crippen LogP contribution is -2.23. The Bertz CT molecular complexity index is 1570. The predicted octanol–water partition coefficient (Wildman–Crippen LogP) is 5.50. The first-order chi connectivity index (χ1) is 17.8. The fourth-order valence-electron chi connectivity index (χ4n) is 3.91. The number of carbonyl (C=O) groups is 1. The molecule has 1 N–H and O–H groups in total. The van der Waals surface area contributed by atoms with Gasteiger partial charge >= 0.3 is 7.82 Å². The molecule has 0 saturated carbocycles. The minimum Gasteiger partial charge on any atom is -0.312 e. The van der Waals surface area contributed by atoms with Crippen LogP contribution in [0.15, 0.2) is 79.6 Å². The van der Waals surface area contributed by atoms with E-state index >= 15 is 0 Å². The molecule has 0 spiro atoms. The number of nitrogens with zero attached hydrogens (tertiary/aromatic N) is 4. The minimum absolute atomic E-state index is 0.0284. The molecule has 0 aliphatic carbocycles. The van der Waals surface area contributed by atoms with Crippen LogP contribution in [0.4, 0.5) is 5.69 Å². The maximum Gasteiger partial charge on any atom is 0.473 e. The predicted molar refractivity (Wildman–Crippen MR) is 141 cm³/mol. The van der Waals surface area contributed by atoms with Gasteiger partial charge in [0, 0.05) is 41.6 Å². The number of benzene rings is 2. The quantitative estimate of drug-likeness (QED) is 0.230. The molecule has 1 amide bonds. The third-order valence-electron chi connectivity index (χ3n) is 5.74. The van der Waals surface area contributed by atoms with Crippen molar-refractivity contribution in [3.05, 3.63) is 85.2 Å². The Morgan fingerprint density at radius 1 is 1.19 bits per heavy atom. The van der Waals surface area contributed by atoms with E-state index in [2.05, 4.69) is 17.6 Å². The van der Waals surface area contributed by atoms with Crippen LogP contribution in [0.3, 0.4) is 0 Å². The van der Waals surface area contributed by atoms with Crippen LogP contribution in [-0.2, 0) is 25.1 Å². The summed E-state index contributed by atoms with van der Waals surface area (Å²) < 4.78 is 23.7. The third kappa shape index (κ3) is 5.69. The molecule has 9 nitrogen and oxygen atoms in total. The van der Waals surface area contributed by atoms with Gasteiger partial charge in [0.2, 0.25) is 5.91 Å². The Labute approximate surface area is 214 Å². The SMILES string of the molecule is C=CC(=O)N(C)c1cccc(-c2cnc3c(c2)c(-c2cccc(C#N)c2)cn3COP(=O)(O)OCC)c1. The second kappa shape index (κ2) is 10.9. The molecular weight excluding hydrogens is 491 g/mol. The number of fused-ring (bicyclic) bond motifs is 1. The van der Waals surface area contributed by atoms with Gasteiger partial charge in [0.25, 0.3) is 0 Å². The van der Waals surface area contributed by atoms with Crippen molar-refractivity contribution in [2.24, 2.45) is 0 Å². The lowest BCUT2D eigenvalue weighted by atomic mass is 10.0. The van der Waals surface area contributed by atoms with Crippen molar-refractivity contribution in [1.82, 2.24) is 9.55 Å². The molecule has 2 aromatic carbocycles. The van der Waals surface area contributed by atoms with E-state index in [1.165, 1.54) is 11.0 Å². The van der Waals surface area contributed by atoms with Crippen molar-refractivity contribution in [2.75, 3.05) is 18.6 Å². The number of rotatable bonds is 9. The van der Waals surface area contributed by atoms with Gasteiger partial charge in [0.1, 0.15) is 12.4 Å². The molecule has 0 aliphatic rings. The van der Waals surface area contributed by atoms with Crippen molar-refractivity contribution in [3.63, 3.8) is 0 Å². The Kier molecular flexibility index (Phi) is 7.67. The van der Waals surface area contributed by atoms with Gasteiger partial charge in [-0.15, -0.1) is 0 Å². The number of carbonyl (C=O) groups excluding carboxylic acids is 1. The van der Waals surface area contributed by atoms with Gasteiger partial charge in [-0.05, 0) is 54.5 Å². The minimum atomic E-state index is -4.23. The number of phosphoric ester groups is 1. The van der Waals surface area contributed by atoms with Gasteiger partial charge in [-0.2, -0.15) is 5.26 Å². The summed E-state index contributed by atoms with van der Waals surface area (Å²) in [6.45, 7) is 4.90. The Morgan fingerprint density at radius 3 is 2.68 bits per heavy atom. The third-order valence-corrected chi connectivity index (χ3v) is 6.77. The molecule has 10 heteroatoms. The van der Waals surface area contributed by atoms with Gasteiger partial charge in [0.05, 0.1) is 18.2 Å². The number of aromatic nitrogens is 2. The molecular formula is C27H25N4O5P. The van der Waals surface area contributed by atoms with E-state index in [1.807, 2.05) is 36.4 Å². The first-order valence-electron chi connectivity index (χ1n) is 11.4. The van der Waals surface area contributed by atoms with E-state index in [0.29, 0.717) is 16.9 Å². The van der Waals surface area contributed by atoms with E-state index in [1.54, 1.807) is 49.1 Å². The molecule has 0 fully saturated rings. The fraction of sp³-hybridized carbons (Fsp3) is 0.148. The molecule has 4 aromatic rings. The van der Waals surface area contributed by atoms with Crippen LogP contribution in [0.5, 0.6) is 0 Å². The number of hydrogen-bond donors (Lipinski definition) is 1. The average Bonchev–Trinajstić information content (AvgIpc) is 3.29. The molecule has 4 rings (SSSR count). The standard InChI is InChI=1S/C27H25N4O5P/c1-4-26(32)30(3)23-11-7-9-20(13-23)22-14-24-25(21-10-6-8-19(12-21)15-28)17-31(27(24)29-16-22)18-36-37(33,34)35-5-2/h4,6-14,16-17H,1,5,18H2,2-3H3,(H,33,34). The lowest BCUT2D eigenvalue weighted by molar-refractivity contribution is -0.113. The van der Waals surface area contributed by atoms with E-state index < -0.39 is 7.82 Å². The van der Waals surface area contributed by atoms with Crippen LogP contribution >= 0.6 is 7.82 Å². The topological polar surface area (TPSA) is 118 Å². The average molecular weight is 516 g/mol. The van der Waals surface area contributed by atoms with E-state index in [9.17, 15) is 19.5 Å². The molecule has 0 radical (unpaired) electrons. The van der Waals surface area contributed by atoms with Crippen LogP contribution in [0.1, 0.15) is 12.5 Å². The summed E-state index contributed by atoms with van der Waals surface area (Å²) in [5.74, 6) is -0.226. The summed E-state index contributed by atoms with van der Waals surface area (Å²) in [7, 11) is -2.55. The molecule has 1 atom stereocenters. The Hall–Kier alpha value is -4.06. The van der Waals surface area contributed by atoms with Crippen LogP contribution in [-0.4, -0.2) is 34.0 Å². The second-order valence-electron chi connectivity index (χ2n) is 8.10. The maximum atomic E-state index is 12.1. The Morgan fingerprint density at radius 2 is 1.95 bits per heavy atom. The van der Waals surface area contributed by atoms with Gasteiger partial charge in [0.15, 0.2) is 0 Å². The van der Waals surface area contributed by atoms with E-state index in [-0.39, 0.29) is 19.2 Å². The highest BCUT2D eigenvalue weighted by atomic mass is 31.2. The van der Waals surface area contributed by atoms with Crippen molar-refractivity contribution < 1.29 is 23.3 Å². The molecule has 2 heterocycles. The van der Waals surface area contributed by atoms with Crippen LogP contribution < -0.4 is 4.90 Å². The highest BCUT2D eigenvalue weighted by Gasteiger charge is 2.22. The summed E-state index contributed by atoms with van der Waals surface area (Å²) >= 11 is 0. The normalized spacial score (nSPS) is 12.6. The molecule has 37 heavy (non-hydrogen) atoms. The van der Waals surface area contributed by atoms with E-state index in [4.69, 9.17) is 9.05 Å². The first-order valence-corrected chi connectivity index (χ1v) is 12.9. The smallest absolute Gasteiger partial charge is 0.312 e. The zero-order chi connectivity index (χ0) is 26.6. The summed E-state index contributed by atoms with van der Waals surface area (Å²) in [6.07, 6.45) is 4.70. The number of hydrogen-bond acceptors (Lipinski definition) is 6. The van der Waals surface area contributed by atoms with Gasteiger partial charge in [-0.25, -0.2) is 9.55 Å². The van der Waals surface area contributed by atoms with Gasteiger partial charge in [-0.3, -0.25) is 13.8 Å². The largest absolute Gasteiger partial charge is 0.473 e. The number of amides is 1. The second-order valence-corrected chi connectivity index (χ2v) is 9.55. The zero-order valence-electron chi connectivity index (χ0n) is 20.4. The highest BCUT2D eigenvalue weighted by Crippen LogP contribution is 2.44. The zero-order valence-corrected chi connectivity index (χ0v) is 21.3. The van der Waals surface area contributed by atoms with Crippen molar-refractivity contribution in [3.8, 4) is 28.3 Å². The first kappa shape index (κ1) is 26.0. The molecule has 0 bridgehead atoms. The summed E-state index contributed by atoms with van der Waals surface area (Å²) in [4.78, 5) is 28.1. The molecule has 2 aromatic heterocycles. The number of anilines is 1. The molecule has 0 saturated heterocycles. The van der Waals surface area contributed by atoms with E-state index in [0.717, 1.165) is 27.6 Å². The summed E-state index contributed by atoms with van der Waals surface area (Å²) in [5, 5.41) is 10.1. The molecule has 1 unspecified atom stereocenters. The summed E-state index contributed by atoms with van der Waals surface area (Å²) in [5.41, 5.74) is 4.91. The Balaban J connectivity index is 1.82. The van der Waals surface area contributed by atoms with Gasteiger partial charge < -0.3 is 14.4 Å². The van der Waals surface area contributed by atoms with Crippen LogP contribution in [0.2, 0.25) is 0 Å². The van der Waals surface area contributed by atoms with Crippen molar-refractivity contribution in [2.45, 2.75) is 13.7 Å². The summed E-state index contributed by atoms with van der Waals surface area (Å²) in [6, 6.07) is 18.7. The number of phosphoric acid groups is 1. The van der Waals surface area contributed by atoms with Crippen LogP contribution in [0.25, 0.3) is 33.3 Å². The van der Waals surface area contributed by atoms with Crippen molar-refractivity contribution in [1.29, 1.82) is 5.26 Å². The molecule has 188 valence electrons. The molecule has 0 aliphatic heterocycles. The fourth-order valence-corrected chi connectivity index (χ4v) is 4.58. The van der Waals surface area contributed by atoms with Gasteiger partial charge in [-0.1, -0.05) is 30.8 Å². The van der Waals surface area contributed by atoms with Crippen molar-refractivity contribution >= 4 is 30.5 Å². The number of likely N-dealkylation sites (N-methyl/N-ethyl adjacent to an activating group) is 1. The monoisotopic (exact) mass is 516 g/mol. The number of pyridine rings is 1. The maximum absolute atomic E-state index is 12.1. The number of nitriles is 1.